The normalized spacial score (nSPS) is 21.9. The van der Waals surface area contributed by atoms with E-state index in [2.05, 4.69) is 0 Å². The zero-order valence-electron chi connectivity index (χ0n) is 27.6. The highest BCUT2D eigenvalue weighted by atomic mass is 16.6. The molecule has 1 heterocycles. The predicted molar refractivity (Wildman–Crippen MR) is 180 cm³/mol. The molecule has 0 spiro atoms. The Morgan fingerprint density at radius 2 is 1.16 bits per heavy atom. The van der Waals surface area contributed by atoms with E-state index in [4.69, 9.17) is 34.2 Å². The van der Waals surface area contributed by atoms with Gasteiger partial charge in [-0.1, -0.05) is 103 Å². The number of benzene rings is 4. The largest absolute Gasteiger partial charge is 0.455 e. The van der Waals surface area contributed by atoms with E-state index in [-0.39, 0.29) is 32.8 Å². The van der Waals surface area contributed by atoms with Crippen LogP contribution in [0.2, 0.25) is 0 Å². The minimum atomic E-state index is -2.14. The fraction of sp³-hybridized carbons (Fsp3) is 0.308. The summed E-state index contributed by atoms with van der Waals surface area (Å²) in [5, 5.41) is 0. The summed E-state index contributed by atoms with van der Waals surface area (Å²) in [6.45, 7) is 3.11. The Morgan fingerprint density at radius 1 is 0.653 bits per heavy atom. The quantitative estimate of drug-likeness (QED) is 0.135. The third kappa shape index (κ3) is 9.91. The second kappa shape index (κ2) is 17.1. The summed E-state index contributed by atoms with van der Waals surface area (Å²) in [6, 6.07) is 35.2. The van der Waals surface area contributed by atoms with Gasteiger partial charge in [-0.3, -0.25) is 20.1 Å². The van der Waals surface area contributed by atoms with Crippen molar-refractivity contribution in [2.24, 2.45) is 5.73 Å². The highest BCUT2D eigenvalue weighted by Gasteiger charge is 2.59. The molecule has 4 aromatic carbocycles. The number of ketones is 1. The molecule has 0 radical (unpaired) electrons. The molecule has 4 aromatic rings. The number of Topliss-reactive ketones (excluding diaryl/α,β-unsaturated/α-hetero) is 1. The number of carbonyl (C=O) groups is 3. The van der Waals surface area contributed by atoms with E-state index in [0.29, 0.717) is 11.3 Å². The Balaban J connectivity index is 1.48. The van der Waals surface area contributed by atoms with Crippen molar-refractivity contribution in [2.45, 2.75) is 70.2 Å². The van der Waals surface area contributed by atoms with E-state index in [9.17, 15) is 14.4 Å². The Bertz CT molecular complexity index is 1650. The molecule has 1 aliphatic rings. The summed E-state index contributed by atoms with van der Waals surface area (Å²) < 4.78 is 36.6. The molecule has 10 nitrogen and oxygen atoms in total. The van der Waals surface area contributed by atoms with E-state index in [1.807, 2.05) is 91.0 Å². The molecule has 0 aromatic heterocycles. The zero-order valence-corrected chi connectivity index (χ0v) is 27.6. The van der Waals surface area contributed by atoms with Gasteiger partial charge in [-0.25, -0.2) is 0 Å². The maximum absolute atomic E-state index is 14.2. The first-order chi connectivity index (χ1) is 23.7. The molecule has 1 saturated heterocycles. The van der Waals surface area contributed by atoms with Crippen molar-refractivity contribution >= 4 is 17.7 Å². The number of esters is 2. The van der Waals surface area contributed by atoms with Gasteiger partial charge in [0.2, 0.25) is 5.72 Å². The Morgan fingerprint density at radius 3 is 1.67 bits per heavy atom. The average molecular weight is 668 g/mol. The first kappa shape index (κ1) is 35.6. The van der Waals surface area contributed by atoms with Crippen molar-refractivity contribution in [2.75, 3.05) is 6.61 Å². The van der Waals surface area contributed by atoms with Gasteiger partial charge in [0.1, 0.15) is 24.1 Å². The van der Waals surface area contributed by atoms with Crippen LogP contribution in [0.3, 0.4) is 0 Å². The highest BCUT2D eigenvalue weighted by molar-refractivity contribution is 5.90. The third-order valence-electron chi connectivity index (χ3n) is 8.00. The number of ether oxygens (including phenoxy) is 6. The van der Waals surface area contributed by atoms with Crippen LogP contribution in [0.4, 0.5) is 0 Å². The lowest BCUT2D eigenvalue weighted by molar-refractivity contribution is -0.290. The predicted octanol–water partition coefficient (Wildman–Crippen LogP) is 5.10. The third-order valence-corrected chi connectivity index (χ3v) is 8.00. The summed E-state index contributed by atoms with van der Waals surface area (Å²) in [5.41, 5.74) is 8.07. The molecule has 0 unspecified atom stereocenters. The summed E-state index contributed by atoms with van der Waals surface area (Å²) in [7, 11) is 0. The smallest absolute Gasteiger partial charge is 0.308 e. The summed E-state index contributed by atoms with van der Waals surface area (Å²) >= 11 is 0. The minimum absolute atomic E-state index is 0.00431. The van der Waals surface area contributed by atoms with Gasteiger partial charge in [-0.2, -0.15) is 0 Å². The topological polar surface area (TPSA) is 133 Å². The van der Waals surface area contributed by atoms with E-state index >= 15 is 0 Å². The molecule has 0 amide bonds. The zero-order chi connectivity index (χ0) is 34.6. The second-order valence-electron chi connectivity index (χ2n) is 11.8. The molecule has 256 valence electrons. The molecule has 0 aliphatic carbocycles. The standard InChI is InChI=1S/C39H41NO9/c1-27(41)47-33-20-18-29(19-21-33)22-35(43)39(40)38(48-28(2)42)37(46-25-32-16-10-5-11-17-32)36(45-24-31-14-8-4-9-15-31)34(49-39)26-44-23-30-12-6-3-7-13-30/h3-21,34,36-38H,22-26,40H2,1-2H3/t34-,36-,37+,38-,39-/m1/s1. The fourth-order valence-corrected chi connectivity index (χ4v) is 5.65. The summed E-state index contributed by atoms with van der Waals surface area (Å²) in [6.07, 6.45) is -4.36. The molecule has 10 heteroatoms. The van der Waals surface area contributed by atoms with Crippen molar-refractivity contribution in [3.05, 3.63) is 138 Å². The monoisotopic (exact) mass is 667 g/mol. The van der Waals surface area contributed by atoms with Gasteiger partial charge in [0.05, 0.1) is 26.4 Å². The maximum Gasteiger partial charge on any atom is 0.308 e. The van der Waals surface area contributed by atoms with Crippen LogP contribution in [0.15, 0.2) is 115 Å². The molecule has 5 atom stereocenters. The molecule has 0 bridgehead atoms. The lowest BCUT2D eigenvalue weighted by atomic mass is 9.85. The minimum Gasteiger partial charge on any atom is -0.455 e. The van der Waals surface area contributed by atoms with Gasteiger partial charge < -0.3 is 28.4 Å². The SMILES string of the molecule is CC(=O)Oc1ccc(CC(=O)[C@@]2(N)O[C@H](COCc3ccccc3)[C@@H](OCc3ccccc3)[C@H](OCc3ccccc3)[C@H]2OC(C)=O)cc1. The number of hydrogen-bond donors (Lipinski definition) is 1. The highest BCUT2D eigenvalue weighted by Crippen LogP contribution is 2.35. The molecule has 5 rings (SSSR count). The van der Waals surface area contributed by atoms with E-state index < -0.39 is 47.9 Å². The van der Waals surface area contributed by atoms with Gasteiger partial charge in [0.25, 0.3) is 0 Å². The van der Waals surface area contributed by atoms with Crippen LogP contribution in [-0.2, 0) is 64.3 Å². The van der Waals surface area contributed by atoms with E-state index in [1.165, 1.54) is 13.8 Å². The molecule has 1 fully saturated rings. The number of rotatable bonds is 15. The van der Waals surface area contributed by atoms with E-state index in [0.717, 1.165) is 16.7 Å². The van der Waals surface area contributed by atoms with Crippen molar-refractivity contribution in [3.8, 4) is 5.75 Å². The van der Waals surface area contributed by atoms with Gasteiger partial charge in [0, 0.05) is 20.3 Å². The molecular formula is C39H41NO9. The molecule has 0 saturated carbocycles. The average Bonchev–Trinajstić information content (AvgIpc) is 3.10. The van der Waals surface area contributed by atoms with Gasteiger partial charge in [0.15, 0.2) is 11.9 Å². The fourth-order valence-electron chi connectivity index (χ4n) is 5.65. The number of nitrogens with two attached hydrogens (primary N) is 1. The lowest BCUT2D eigenvalue weighted by Gasteiger charge is -2.49. The van der Waals surface area contributed by atoms with Crippen LogP contribution in [0.1, 0.15) is 36.1 Å². The van der Waals surface area contributed by atoms with Crippen LogP contribution in [0, 0.1) is 0 Å². The second-order valence-corrected chi connectivity index (χ2v) is 11.8. The van der Waals surface area contributed by atoms with E-state index in [1.54, 1.807) is 24.3 Å². The molecule has 1 aliphatic heterocycles. The van der Waals surface area contributed by atoms with Gasteiger partial charge in [-0.05, 0) is 34.4 Å². The molecule has 2 N–H and O–H groups in total. The van der Waals surface area contributed by atoms with Crippen LogP contribution in [-0.4, -0.2) is 54.5 Å². The number of hydrogen-bond acceptors (Lipinski definition) is 10. The van der Waals surface area contributed by atoms with Crippen LogP contribution in [0.5, 0.6) is 5.75 Å². The maximum atomic E-state index is 14.2. The van der Waals surface area contributed by atoms with Crippen molar-refractivity contribution in [1.29, 1.82) is 0 Å². The van der Waals surface area contributed by atoms with Gasteiger partial charge in [-0.15, -0.1) is 0 Å². The van der Waals surface area contributed by atoms with Crippen LogP contribution in [0.25, 0.3) is 0 Å². The van der Waals surface area contributed by atoms with Crippen molar-refractivity contribution < 1.29 is 42.8 Å². The van der Waals surface area contributed by atoms with Crippen molar-refractivity contribution in [1.82, 2.24) is 0 Å². The molecular weight excluding hydrogens is 626 g/mol. The summed E-state index contributed by atoms with van der Waals surface area (Å²) in [4.78, 5) is 38.2. The Labute approximate surface area is 286 Å². The molecule has 49 heavy (non-hydrogen) atoms. The number of carbonyl (C=O) groups excluding carboxylic acids is 3. The Kier molecular flexibility index (Phi) is 12.4. The van der Waals surface area contributed by atoms with Crippen molar-refractivity contribution in [3.63, 3.8) is 0 Å². The first-order valence-corrected chi connectivity index (χ1v) is 16.1. The van der Waals surface area contributed by atoms with Crippen LogP contribution >= 0.6 is 0 Å². The first-order valence-electron chi connectivity index (χ1n) is 16.1. The lowest BCUT2D eigenvalue weighted by Crippen LogP contribution is -2.74. The van der Waals surface area contributed by atoms with Crippen LogP contribution < -0.4 is 10.5 Å². The van der Waals surface area contributed by atoms with Gasteiger partial charge >= 0.3 is 11.9 Å². The summed E-state index contributed by atoms with van der Waals surface area (Å²) in [5.74, 6) is -1.35. The Hall–Kier alpha value is -4.71.